The van der Waals surface area contributed by atoms with Crippen LogP contribution in [0.5, 0.6) is 11.5 Å². The van der Waals surface area contributed by atoms with Crippen LogP contribution >= 0.6 is 0 Å². The summed E-state index contributed by atoms with van der Waals surface area (Å²) in [4.78, 5) is 13.5. The van der Waals surface area contributed by atoms with Crippen molar-refractivity contribution in [2.75, 3.05) is 31.7 Å². The monoisotopic (exact) mass is 606 g/mol. The summed E-state index contributed by atoms with van der Waals surface area (Å²) in [6, 6.07) is 9.12. The van der Waals surface area contributed by atoms with Crippen molar-refractivity contribution in [1.29, 1.82) is 0 Å². The lowest BCUT2D eigenvalue weighted by atomic mass is 9.85. The Hall–Kier alpha value is -3.32. The van der Waals surface area contributed by atoms with Crippen LogP contribution in [-0.4, -0.2) is 64.6 Å². The van der Waals surface area contributed by atoms with Crippen molar-refractivity contribution in [1.82, 2.24) is 4.57 Å². The van der Waals surface area contributed by atoms with Gasteiger partial charge in [0.05, 0.1) is 29.8 Å². The minimum absolute atomic E-state index is 0.00547. The lowest BCUT2D eigenvalue weighted by Crippen LogP contribution is -2.28. The van der Waals surface area contributed by atoms with E-state index in [4.69, 9.17) is 9.84 Å². The Morgan fingerprint density at radius 1 is 1.12 bits per heavy atom. The zero-order chi connectivity index (χ0) is 31.2. The molecule has 0 bridgehead atoms. The third-order valence-corrected chi connectivity index (χ3v) is 8.27. The molecule has 1 aliphatic heterocycles. The van der Waals surface area contributed by atoms with Crippen molar-refractivity contribution in [2.24, 2.45) is 5.92 Å². The summed E-state index contributed by atoms with van der Waals surface area (Å²) in [6.45, 7) is 6.23. The SMILES string of the molecule is C[C@@H](CO)Cn1c(C(C)(C)CCOC[C@@H](O)CO)cc2cc(NC(=O)C3(c4ccc5c(c4)OC(F)(F)O5)CC3)c(F)cc21. The molecule has 2 atom stereocenters. The second-order valence-corrected chi connectivity index (χ2v) is 12.2. The Morgan fingerprint density at radius 2 is 1.84 bits per heavy atom. The molecule has 9 nitrogen and oxygen atoms in total. The standard InChI is InChI=1S/C31H37F3N2O7/c1-18(15-37)14-36-24-13-22(32)23(10-19(24)11-27(36)29(2,3)8-9-41-17-21(39)16-38)35-28(40)30(6-7-30)20-4-5-25-26(12-20)43-31(33,34)42-25/h4-5,10-13,18,21,37-39H,6-9,14-17H2,1-3H3,(H,35,40)/t18-,21+/m1/s1. The summed E-state index contributed by atoms with van der Waals surface area (Å²) in [5.41, 5.74) is 0.507. The van der Waals surface area contributed by atoms with E-state index in [-0.39, 0.29) is 36.3 Å². The number of alkyl halides is 2. The highest BCUT2D eigenvalue weighted by atomic mass is 19.3. The van der Waals surface area contributed by atoms with E-state index in [1.165, 1.54) is 18.2 Å². The maximum absolute atomic E-state index is 15.6. The molecule has 1 aromatic heterocycles. The number of carbonyl (C=O) groups excluding carboxylic acids is 1. The molecule has 0 saturated heterocycles. The number of aliphatic hydroxyl groups excluding tert-OH is 3. The van der Waals surface area contributed by atoms with E-state index in [0.29, 0.717) is 48.9 Å². The summed E-state index contributed by atoms with van der Waals surface area (Å²) in [7, 11) is 0. The smallest absolute Gasteiger partial charge is 0.396 e. The molecule has 234 valence electrons. The Balaban J connectivity index is 1.40. The van der Waals surface area contributed by atoms with E-state index in [1.807, 2.05) is 31.4 Å². The first-order valence-electron chi connectivity index (χ1n) is 14.3. The molecular weight excluding hydrogens is 569 g/mol. The number of hydrogen-bond donors (Lipinski definition) is 4. The van der Waals surface area contributed by atoms with Gasteiger partial charge in [-0.2, -0.15) is 0 Å². The lowest BCUT2D eigenvalue weighted by Gasteiger charge is -2.28. The number of fused-ring (bicyclic) bond motifs is 2. The first-order valence-corrected chi connectivity index (χ1v) is 14.3. The molecule has 1 amide bonds. The summed E-state index contributed by atoms with van der Waals surface area (Å²) in [5, 5.41) is 31.7. The number of aromatic nitrogens is 1. The van der Waals surface area contributed by atoms with Crippen LogP contribution in [0.1, 0.15) is 51.3 Å². The summed E-state index contributed by atoms with van der Waals surface area (Å²) in [5.74, 6) is -1.47. The molecule has 1 fully saturated rings. The van der Waals surface area contributed by atoms with Crippen LogP contribution in [0.15, 0.2) is 36.4 Å². The van der Waals surface area contributed by atoms with Crippen molar-refractivity contribution >= 4 is 22.5 Å². The number of benzene rings is 2. The number of anilines is 1. The van der Waals surface area contributed by atoms with Gasteiger partial charge in [0.1, 0.15) is 11.9 Å². The second kappa shape index (κ2) is 11.6. The van der Waals surface area contributed by atoms with Crippen molar-refractivity contribution in [3.8, 4) is 11.5 Å². The van der Waals surface area contributed by atoms with Gasteiger partial charge in [0.25, 0.3) is 0 Å². The van der Waals surface area contributed by atoms with Crippen LogP contribution in [-0.2, 0) is 26.9 Å². The quantitative estimate of drug-likeness (QED) is 0.212. The Kier molecular flexibility index (Phi) is 8.42. The topological polar surface area (TPSA) is 122 Å². The highest BCUT2D eigenvalue weighted by Crippen LogP contribution is 2.52. The molecule has 1 aliphatic carbocycles. The molecule has 1 saturated carbocycles. The van der Waals surface area contributed by atoms with Crippen LogP contribution in [0.2, 0.25) is 0 Å². The summed E-state index contributed by atoms with van der Waals surface area (Å²) >= 11 is 0. The first kappa shape index (κ1) is 31.1. The van der Waals surface area contributed by atoms with Gasteiger partial charge in [0.15, 0.2) is 11.5 Å². The number of hydrogen-bond acceptors (Lipinski definition) is 7. The molecule has 0 unspecified atom stereocenters. The zero-order valence-corrected chi connectivity index (χ0v) is 24.3. The molecule has 5 rings (SSSR count). The largest absolute Gasteiger partial charge is 0.586 e. The van der Waals surface area contributed by atoms with Gasteiger partial charge in [-0.15, -0.1) is 8.78 Å². The van der Waals surface area contributed by atoms with Crippen molar-refractivity contribution in [3.63, 3.8) is 0 Å². The van der Waals surface area contributed by atoms with Gasteiger partial charge in [-0.3, -0.25) is 4.79 Å². The minimum Gasteiger partial charge on any atom is -0.396 e. The molecule has 4 N–H and O–H groups in total. The molecule has 0 radical (unpaired) electrons. The van der Waals surface area contributed by atoms with Gasteiger partial charge in [-0.1, -0.05) is 26.8 Å². The van der Waals surface area contributed by atoms with Crippen LogP contribution < -0.4 is 14.8 Å². The predicted molar refractivity (Wildman–Crippen MR) is 152 cm³/mol. The third-order valence-electron chi connectivity index (χ3n) is 8.27. The van der Waals surface area contributed by atoms with Crippen LogP contribution in [0.4, 0.5) is 18.9 Å². The van der Waals surface area contributed by atoms with Crippen LogP contribution in [0.3, 0.4) is 0 Å². The van der Waals surface area contributed by atoms with E-state index in [9.17, 15) is 23.8 Å². The second-order valence-electron chi connectivity index (χ2n) is 12.2. The van der Waals surface area contributed by atoms with Gasteiger partial charge >= 0.3 is 6.29 Å². The molecule has 2 aliphatic rings. The number of nitrogens with one attached hydrogen (secondary N) is 1. The Morgan fingerprint density at radius 3 is 2.51 bits per heavy atom. The first-order chi connectivity index (χ1) is 20.3. The predicted octanol–water partition coefficient (Wildman–Crippen LogP) is 4.44. The number of aliphatic hydroxyl groups is 3. The number of carbonyl (C=O) groups is 1. The Labute approximate surface area is 247 Å². The van der Waals surface area contributed by atoms with E-state index in [2.05, 4.69) is 14.8 Å². The fourth-order valence-electron chi connectivity index (χ4n) is 5.49. The van der Waals surface area contributed by atoms with Crippen LogP contribution in [0, 0.1) is 11.7 Å². The number of halogens is 3. The summed E-state index contributed by atoms with van der Waals surface area (Å²) < 4.78 is 59.1. The van der Waals surface area contributed by atoms with Gasteiger partial charge in [0, 0.05) is 42.3 Å². The molecule has 2 heterocycles. The van der Waals surface area contributed by atoms with Gasteiger partial charge in [0.2, 0.25) is 5.91 Å². The number of amides is 1. The zero-order valence-electron chi connectivity index (χ0n) is 24.3. The molecule has 2 aromatic carbocycles. The van der Waals surface area contributed by atoms with Crippen molar-refractivity contribution < 1.29 is 47.5 Å². The molecule has 12 heteroatoms. The molecule has 0 spiro atoms. The number of rotatable bonds is 13. The van der Waals surface area contributed by atoms with Crippen molar-refractivity contribution in [3.05, 3.63) is 53.5 Å². The van der Waals surface area contributed by atoms with E-state index >= 15 is 4.39 Å². The average molecular weight is 607 g/mol. The molecular formula is C31H37F3N2O7. The lowest BCUT2D eigenvalue weighted by molar-refractivity contribution is -0.286. The Bertz CT molecular complexity index is 1500. The van der Waals surface area contributed by atoms with Gasteiger partial charge in [-0.05, 0) is 55.0 Å². The maximum atomic E-state index is 15.6. The van der Waals surface area contributed by atoms with Crippen molar-refractivity contribution in [2.45, 2.75) is 69.8 Å². The van der Waals surface area contributed by atoms with Crippen LogP contribution in [0.25, 0.3) is 10.9 Å². The average Bonchev–Trinajstić information content (AvgIpc) is 3.61. The highest BCUT2D eigenvalue weighted by molar-refractivity contribution is 6.03. The van der Waals surface area contributed by atoms with E-state index in [1.54, 1.807) is 12.1 Å². The number of nitrogens with zero attached hydrogens (tertiary/aromatic N) is 1. The van der Waals surface area contributed by atoms with E-state index in [0.717, 1.165) is 5.69 Å². The number of ether oxygens (including phenoxy) is 3. The highest BCUT2D eigenvalue weighted by Gasteiger charge is 2.53. The minimum atomic E-state index is -3.77. The molecule has 3 aromatic rings. The molecule has 43 heavy (non-hydrogen) atoms. The maximum Gasteiger partial charge on any atom is 0.586 e. The van der Waals surface area contributed by atoms with E-state index < -0.39 is 41.6 Å². The van der Waals surface area contributed by atoms with Gasteiger partial charge in [-0.25, -0.2) is 4.39 Å². The third kappa shape index (κ3) is 6.33. The van der Waals surface area contributed by atoms with Gasteiger partial charge < -0.3 is 39.4 Å². The fourth-order valence-corrected chi connectivity index (χ4v) is 5.49. The fraction of sp³-hybridized carbons (Fsp3) is 0.516. The normalized spacial score (nSPS) is 18.1. The summed E-state index contributed by atoms with van der Waals surface area (Å²) in [6.07, 6.45) is -3.24.